The van der Waals surface area contributed by atoms with E-state index >= 15 is 0 Å². The predicted octanol–water partition coefficient (Wildman–Crippen LogP) is 0.483. The molecule has 1 saturated heterocycles. The Morgan fingerprint density at radius 2 is 2.00 bits per heavy atom. The van der Waals surface area contributed by atoms with Crippen LogP contribution >= 0.6 is 0 Å². The van der Waals surface area contributed by atoms with Crippen LogP contribution in [0.4, 0.5) is 5.69 Å². The van der Waals surface area contributed by atoms with Crippen LogP contribution in [0.1, 0.15) is 25.3 Å². The lowest BCUT2D eigenvalue weighted by molar-refractivity contribution is -0.384. The molecule has 2 N–H and O–H groups in total. The molecule has 9 heteroatoms. The summed E-state index contributed by atoms with van der Waals surface area (Å²) in [4.78, 5) is 44.8. The second-order valence-corrected chi connectivity index (χ2v) is 5.89. The van der Waals surface area contributed by atoms with E-state index in [2.05, 4.69) is 5.32 Å². The number of aliphatic hydroxyl groups is 1. The number of nitrogens with zero attached hydrogens (tertiary/aromatic N) is 1. The first-order valence-corrected chi connectivity index (χ1v) is 7.67. The summed E-state index contributed by atoms with van der Waals surface area (Å²) < 4.78 is 4.96. The third-order valence-electron chi connectivity index (χ3n) is 3.92. The molecule has 2 rings (SSSR count). The fraction of sp³-hybridized carbons (Fsp3) is 0.438. The average molecular weight is 350 g/mol. The Kier molecular flexibility index (Phi) is 5.81. The fourth-order valence-electron chi connectivity index (χ4n) is 2.60. The molecule has 9 nitrogen and oxygen atoms in total. The minimum absolute atomic E-state index is 0.0477. The Morgan fingerprint density at radius 1 is 1.36 bits per heavy atom. The number of nitro groups is 1. The van der Waals surface area contributed by atoms with E-state index in [9.17, 15) is 29.6 Å². The van der Waals surface area contributed by atoms with Crippen LogP contribution in [0.3, 0.4) is 0 Å². The number of β-lactam (4-membered cyclic amide) rings is 1. The van der Waals surface area contributed by atoms with Crippen LogP contribution in [0.5, 0.6) is 0 Å². The summed E-state index contributed by atoms with van der Waals surface area (Å²) in [6.45, 7) is 1.37. The second-order valence-electron chi connectivity index (χ2n) is 5.89. The minimum atomic E-state index is -0.861. The van der Waals surface area contributed by atoms with Gasteiger partial charge in [0.1, 0.15) is 18.8 Å². The number of nitro benzene ring substituents is 1. The Morgan fingerprint density at radius 3 is 2.52 bits per heavy atom. The molecule has 1 fully saturated rings. The van der Waals surface area contributed by atoms with Crippen molar-refractivity contribution in [2.75, 3.05) is 0 Å². The van der Waals surface area contributed by atoms with Gasteiger partial charge in [-0.15, -0.1) is 0 Å². The number of hydrogen-bond donors (Lipinski definition) is 2. The largest absolute Gasteiger partial charge is 0.460 e. The maximum Gasteiger partial charge on any atom is 0.313 e. The van der Waals surface area contributed by atoms with Crippen LogP contribution in [0, 0.1) is 16.0 Å². The van der Waals surface area contributed by atoms with E-state index in [0.717, 1.165) is 0 Å². The number of carbonyl (C=O) groups excluding carboxylic acids is 3. The van der Waals surface area contributed by atoms with E-state index in [1.807, 2.05) is 0 Å². The van der Waals surface area contributed by atoms with Gasteiger partial charge in [-0.2, -0.15) is 0 Å². The zero-order chi connectivity index (χ0) is 18.6. The number of ketones is 1. The highest BCUT2D eigenvalue weighted by Crippen LogP contribution is 2.22. The molecule has 0 bridgehead atoms. The van der Waals surface area contributed by atoms with Crippen molar-refractivity contribution < 1.29 is 29.2 Å². The van der Waals surface area contributed by atoms with E-state index in [1.165, 1.54) is 31.2 Å². The molecule has 25 heavy (non-hydrogen) atoms. The molecule has 1 aromatic carbocycles. The molecule has 0 radical (unpaired) electrons. The van der Waals surface area contributed by atoms with Crippen LogP contribution in [-0.2, 0) is 25.7 Å². The number of benzene rings is 1. The normalized spacial score (nSPS) is 20.2. The molecule has 0 aromatic heterocycles. The number of hydrogen-bond acceptors (Lipinski definition) is 7. The number of non-ortho nitro benzene ring substituents is 1. The van der Waals surface area contributed by atoms with Crippen molar-refractivity contribution in [1.29, 1.82) is 0 Å². The fourth-order valence-corrected chi connectivity index (χ4v) is 2.60. The van der Waals surface area contributed by atoms with Gasteiger partial charge in [0.2, 0.25) is 5.91 Å². The molecule has 1 aliphatic rings. The summed E-state index contributed by atoms with van der Waals surface area (Å²) in [6.07, 6.45) is -1.35. The highest BCUT2D eigenvalue weighted by molar-refractivity contribution is 5.97. The van der Waals surface area contributed by atoms with Crippen LogP contribution in [-0.4, -0.2) is 39.8 Å². The molecule has 0 unspecified atom stereocenters. The lowest BCUT2D eigenvalue weighted by atomic mass is 9.83. The molecular weight excluding hydrogens is 332 g/mol. The van der Waals surface area contributed by atoms with Crippen LogP contribution in [0.2, 0.25) is 0 Å². The van der Waals surface area contributed by atoms with Crippen molar-refractivity contribution >= 4 is 23.3 Å². The predicted molar refractivity (Wildman–Crippen MR) is 84.2 cm³/mol. The Bertz CT molecular complexity index is 684. The lowest BCUT2D eigenvalue weighted by Crippen LogP contribution is -2.62. The molecule has 1 aliphatic heterocycles. The maximum atomic E-state index is 11.9. The number of Topliss-reactive ketones (excluding diaryl/α,β-unsaturated/α-hetero) is 1. The highest BCUT2D eigenvalue weighted by Gasteiger charge is 2.43. The number of ether oxygens (including phenoxy) is 1. The van der Waals surface area contributed by atoms with Crippen molar-refractivity contribution in [3.8, 4) is 0 Å². The van der Waals surface area contributed by atoms with E-state index < -0.39 is 41.2 Å². The van der Waals surface area contributed by atoms with Gasteiger partial charge < -0.3 is 15.2 Å². The van der Waals surface area contributed by atoms with Crippen LogP contribution in [0.25, 0.3) is 0 Å². The Labute approximate surface area is 143 Å². The molecule has 1 heterocycles. The van der Waals surface area contributed by atoms with Gasteiger partial charge in [-0.1, -0.05) is 0 Å². The number of amides is 1. The van der Waals surface area contributed by atoms with Gasteiger partial charge in [0.05, 0.1) is 16.9 Å². The maximum absolute atomic E-state index is 11.9. The SMILES string of the molecule is C[C@@H](O)[C@@H]1C(=O)N[C@@H]1CC(=O)CC(=O)OCc1ccc([N+](=O)[O-])cc1. The molecule has 3 atom stereocenters. The average Bonchev–Trinajstić information content (AvgIpc) is 2.51. The number of esters is 1. The van der Waals surface area contributed by atoms with Crippen LogP contribution in [0.15, 0.2) is 24.3 Å². The second kappa shape index (κ2) is 7.84. The van der Waals surface area contributed by atoms with E-state index in [-0.39, 0.29) is 24.6 Å². The summed E-state index contributed by atoms with van der Waals surface area (Å²) in [7, 11) is 0. The van der Waals surface area contributed by atoms with Crippen molar-refractivity contribution in [1.82, 2.24) is 5.32 Å². The molecule has 0 saturated carbocycles. The number of rotatable bonds is 8. The van der Waals surface area contributed by atoms with Crippen molar-refractivity contribution in [3.63, 3.8) is 0 Å². The zero-order valence-corrected chi connectivity index (χ0v) is 13.5. The monoisotopic (exact) mass is 350 g/mol. The van der Waals surface area contributed by atoms with E-state index in [1.54, 1.807) is 0 Å². The first-order chi connectivity index (χ1) is 11.8. The summed E-state index contributed by atoms with van der Waals surface area (Å²) in [5, 5.41) is 22.5. The van der Waals surface area contributed by atoms with Gasteiger partial charge >= 0.3 is 5.97 Å². The number of carbonyl (C=O) groups is 3. The quantitative estimate of drug-likeness (QED) is 0.229. The molecule has 0 aliphatic carbocycles. The zero-order valence-electron chi connectivity index (χ0n) is 13.5. The minimum Gasteiger partial charge on any atom is -0.460 e. The molecular formula is C16H18N2O7. The van der Waals surface area contributed by atoms with E-state index in [4.69, 9.17) is 4.74 Å². The van der Waals surface area contributed by atoms with Crippen molar-refractivity contribution in [3.05, 3.63) is 39.9 Å². The van der Waals surface area contributed by atoms with Crippen molar-refractivity contribution in [2.45, 2.75) is 38.5 Å². The highest BCUT2D eigenvalue weighted by atomic mass is 16.6. The first-order valence-electron chi connectivity index (χ1n) is 7.67. The van der Waals surface area contributed by atoms with Gasteiger partial charge in [0.15, 0.2) is 0 Å². The summed E-state index contributed by atoms with van der Waals surface area (Å²) >= 11 is 0. The number of aliphatic hydroxyl groups excluding tert-OH is 1. The van der Waals surface area contributed by atoms with Gasteiger partial charge in [-0.25, -0.2) is 0 Å². The van der Waals surface area contributed by atoms with Crippen molar-refractivity contribution in [2.24, 2.45) is 5.92 Å². The van der Waals surface area contributed by atoms with Gasteiger partial charge in [-0.3, -0.25) is 24.5 Å². The summed E-state index contributed by atoms with van der Waals surface area (Å²) in [5.41, 5.74) is 0.493. The third kappa shape index (κ3) is 4.83. The molecule has 0 spiro atoms. The first kappa shape index (κ1) is 18.5. The molecule has 1 amide bonds. The van der Waals surface area contributed by atoms with Gasteiger partial charge in [0, 0.05) is 24.6 Å². The number of nitrogens with one attached hydrogen (secondary N) is 1. The Balaban J connectivity index is 1.75. The summed E-state index contributed by atoms with van der Waals surface area (Å²) in [6, 6.07) is 5.05. The van der Waals surface area contributed by atoms with Gasteiger partial charge in [0.25, 0.3) is 5.69 Å². The smallest absolute Gasteiger partial charge is 0.313 e. The molecule has 1 aromatic rings. The van der Waals surface area contributed by atoms with Gasteiger partial charge in [-0.05, 0) is 24.6 Å². The third-order valence-corrected chi connectivity index (χ3v) is 3.92. The van der Waals surface area contributed by atoms with Crippen LogP contribution < -0.4 is 5.32 Å². The lowest BCUT2D eigenvalue weighted by Gasteiger charge is -2.38. The topological polar surface area (TPSA) is 136 Å². The standard InChI is InChI=1S/C16H18N2O7/c1-9(19)15-13(17-16(15)22)6-12(20)7-14(21)25-8-10-2-4-11(5-3-10)18(23)24/h2-5,9,13,15,19H,6-8H2,1H3,(H,17,22)/t9-,13-,15+/m1/s1. The Hall–Kier alpha value is -2.81. The molecule has 134 valence electrons. The van der Waals surface area contributed by atoms with E-state index in [0.29, 0.717) is 5.56 Å². The summed E-state index contributed by atoms with van der Waals surface area (Å²) in [5.74, 6) is -2.07.